The first-order chi connectivity index (χ1) is 14.2. The SMILES string of the molecule is CSc1cccc(NC(=O)CN2C(=O)S/C(=C/c3cccc(C(F)(F)F)c3)C2=O)c1. The zero-order chi connectivity index (χ0) is 21.9. The number of hydrogen-bond donors (Lipinski definition) is 1. The van der Waals surface area contributed by atoms with Crippen molar-refractivity contribution in [2.75, 3.05) is 18.1 Å². The van der Waals surface area contributed by atoms with E-state index in [0.29, 0.717) is 17.4 Å². The van der Waals surface area contributed by atoms with E-state index in [9.17, 15) is 27.6 Å². The van der Waals surface area contributed by atoms with Crippen LogP contribution < -0.4 is 5.32 Å². The summed E-state index contributed by atoms with van der Waals surface area (Å²) in [6.45, 7) is -0.492. The number of amides is 3. The number of nitrogens with zero attached hydrogens (tertiary/aromatic N) is 1. The fraction of sp³-hybridized carbons (Fsp3) is 0.150. The van der Waals surface area contributed by atoms with Gasteiger partial charge in [-0.3, -0.25) is 19.3 Å². The van der Waals surface area contributed by atoms with Gasteiger partial charge in [0.1, 0.15) is 6.54 Å². The molecule has 0 unspecified atom stereocenters. The average Bonchev–Trinajstić information content (AvgIpc) is 2.95. The number of benzene rings is 2. The summed E-state index contributed by atoms with van der Waals surface area (Å²) in [5.74, 6) is -1.29. The monoisotopic (exact) mass is 452 g/mol. The zero-order valence-electron chi connectivity index (χ0n) is 15.5. The van der Waals surface area contributed by atoms with Crippen LogP contribution in [0.3, 0.4) is 0 Å². The molecule has 2 aromatic carbocycles. The zero-order valence-corrected chi connectivity index (χ0v) is 17.2. The van der Waals surface area contributed by atoms with Crippen LogP contribution in [0.5, 0.6) is 0 Å². The number of anilines is 1. The number of hydrogen-bond acceptors (Lipinski definition) is 5. The van der Waals surface area contributed by atoms with E-state index in [-0.39, 0.29) is 10.5 Å². The molecule has 1 fully saturated rings. The molecular weight excluding hydrogens is 437 g/mol. The maximum Gasteiger partial charge on any atom is 0.416 e. The molecule has 30 heavy (non-hydrogen) atoms. The molecule has 10 heteroatoms. The smallest absolute Gasteiger partial charge is 0.324 e. The van der Waals surface area contributed by atoms with Crippen molar-refractivity contribution in [3.63, 3.8) is 0 Å². The molecule has 156 valence electrons. The number of carbonyl (C=O) groups is 3. The van der Waals surface area contributed by atoms with Gasteiger partial charge in [0.25, 0.3) is 11.1 Å². The Labute approximate surface area is 178 Å². The van der Waals surface area contributed by atoms with E-state index < -0.39 is 35.3 Å². The van der Waals surface area contributed by atoms with Crippen molar-refractivity contribution in [3.8, 4) is 0 Å². The van der Waals surface area contributed by atoms with Crippen LogP contribution in [0.2, 0.25) is 0 Å². The van der Waals surface area contributed by atoms with Gasteiger partial charge in [-0.05, 0) is 60.0 Å². The molecule has 1 saturated heterocycles. The minimum atomic E-state index is -4.52. The lowest BCUT2D eigenvalue weighted by Crippen LogP contribution is -2.36. The molecule has 0 aliphatic carbocycles. The first kappa shape index (κ1) is 22.0. The van der Waals surface area contributed by atoms with E-state index in [1.165, 1.54) is 30.0 Å². The van der Waals surface area contributed by atoms with Gasteiger partial charge in [-0.25, -0.2) is 0 Å². The number of nitrogens with one attached hydrogen (secondary N) is 1. The molecule has 5 nitrogen and oxygen atoms in total. The van der Waals surface area contributed by atoms with Crippen LogP contribution in [-0.2, 0) is 15.8 Å². The molecule has 1 N–H and O–H groups in total. The largest absolute Gasteiger partial charge is 0.416 e. The Morgan fingerprint density at radius 3 is 2.60 bits per heavy atom. The second-order valence-electron chi connectivity index (χ2n) is 6.17. The third kappa shape index (κ3) is 5.25. The quantitative estimate of drug-likeness (QED) is 0.505. The van der Waals surface area contributed by atoms with Gasteiger partial charge in [0, 0.05) is 10.6 Å². The Kier molecular flexibility index (Phi) is 6.57. The van der Waals surface area contributed by atoms with Gasteiger partial charge in [-0.1, -0.05) is 18.2 Å². The van der Waals surface area contributed by atoms with Crippen molar-refractivity contribution < 1.29 is 27.6 Å². The van der Waals surface area contributed by atoms with Gasteiger partial charge >= 0.3 is 6.18 Å². The highest BCUT2D eigenvalue weighted by Gasteiger charge is 2.36. The molecule has 0 saturated carbocycles. The second kappa shape index (κ2) is 8.97. The van der Waals surface area contributed by atoms with E-state index in [1.54, 1.807) is 18.2 Å². The fourth-order valence-electron chi connectivity index (χ4n) is 2.64. The number of carbonyl (C=O) groups excluding carboxylic acids is 3. The third-order valence-electron chi connectivity index (χ3n) is 4.04. The highest BCUT2D eigenvalue weighted by molar-refractivity contribution is 8.18. The summed E-state index contributed by atoms with van der Waals surface area (Å²) in [5.41, 5.74) is -0.200. The van der Waals surface area contributed by atoms with Crippen LogP contribution in [-0.4, -0.2) is 34.8 Å². The molecule has 2 aromatic rings. The molecule has 3 rings (SSSR count). The number of thioether (sulfide) groups is 2. The molecule has 0 radical (unpaired) electrons. The lowest BCUT2D eigenvalue weighted by molar-refractivity contribution is -0.137. The highest BCUT2D eigenvalue weighted by atomic mass is 32.2. The summed E-state index contributed by atoms with van der Waals surface area (Å²) in [6, 6.07) is 11.5. The van der Waals surface area contributed by atoms with E-state index in [4.69, 9.17) is 0 Å². The molecular formula is C20H15F3N2O3S2. The maximum atomic E-state index is 12.9. The third-order valence-corrected chi connectivity index (χ3v) is 5.67. The van der Waals surface area contributed by atoms with E-state index in [0.717, 1.165) is 21.9 Å². The summed E-state index contributed by atoms with van der Waals surface area (Å²) in [4.78, 5) is 38.6. The summed E-state index contributed by atoms with van der Waals surface area (Å²) in [6.07, 6.45) is -1.42. The highest BCUT2D eigenvalue weighted by Crippen LogP contribution is 2.34. The Morgan fingerprint density at radius 1 is 1.17 bits per heavy atom. The normalized spacial score (nSPS) is 15.7. The lowest BCUT2D eigenvalue weighted by Gasteiger charge is -2.12. The molecule has 1 heterocycles. The first-order valence-corrected chi connectivity index (χ1v) is 10.6. The Hall–Kier alpha value is -2.72. The first-order valence-electron chi connectivity index (χ1n) is 8.54. The molecule has 1 aliphatic heterocycles. The van der Waals surface area contributed by atoms with Crippen molar-refractivity contribution in [2.24, 2.45) is 0 Å². The number of rotatable bonds is 5. The Bertz CT molecular complexity index is 1040. The molecule has 0 aromatic heterocycles. The number of imide groups is 1. The Morgan fingerprint density at radius 2 is 1.90 bits per heavy atom. The minimum absolute atomic E-state index is 0.0449. The topological polar surface area (TPSA) is 66.5 Å². The standard InChI is InChI=1S/C20H15F3N2O3S2/c1-29-15-7-3-6-14(10-15)24-17(26)11-25-18(27)16(30-19(25)28)9-12-4-2-5-13(8-12)20(21,22)23/h2-10H,11H2,1H3,(H,24,26)/b16-9+. The maximum absolute atomic E-state index is 12.9. The molecule has 0 spiro atoms. The predicted molar refractivity (Wildman–Crippen MR) is 111 cm³/mol. The van der Waals surface area contributed by atoms with Crippen LogP contribution in [0.25, 0.3) is 6.08 Å². The number of alkyl halides is 3. The second-order valence-corrected chi connectivity index (χ2v) is 8.04. The van der Waals surface area contributed by atoms with Gasteiger partial charge in [0.05, 0.1) is 10.5 Å². The van der Waals surface area contributed by atoms with Crippen LogP contribution in [0.4, 0.5) is 23.7 Å². The summed E-state index contributed by atoms with van der Waals surface area (Å²) in [7, 11) is 0. The van der Waals surface area contributed by atoms with Gasteiger partial charge < -0.3 is 5.32 Å². The number of halogens is 3. The van der Waals surface area contributed by atoms with Crippen molar-refractivity contribution >= 4 is 52.3 Å². The fourth-order valence-corrected chi connectivity index (χ4v) is 3.94. The van der Waals surface area contributed by atoms with E-state index in [2.05, 4.69) is 5.32 Å². The van der Waals surface area contributed by atoms with Crippen molar-refractivity contribution in [1.82, 2.24) is 4.90 Å². The van der Waals surface area contributed by atoms with Crippen molar-refractivity contribution in [3.05, 3.63) is 64.6 Å². The molecule has 0 atom stereocenters. The summed E-state index contributed by atoms with van der Waals surface area (Å²) in [5, 5.41) is 1.96. The average molecular weight is 452 g/mol. The Balaban J connectivity index is 1.71. The molecule has 3 amide bonds. The molecule has 0 bridgehead atoms. The van der Waals surface area contributed by atoms with Gasteiger partial charge in [0.2, 0.25) is 5.91 Å². The van der Waals surface area contributed by atoms with Gasteiger partial charge in [-0.15, -0.1) is 11.8 Å². The van der Waals surface area contributed by atoms with Crippen LogP contribution >= 0.6 is 23.5 Å². The predicted octanol–water partition coefficient (Wildman–Crippen LogP) is 5.10. The van der Waals surface area contributed by atoms with Crippen molar-refractivity contribution in [1.29, 1.82) is 0 Å². The minimum Gasteiger partial charge on any atom is -0.324 e. The van der Waals surface area contributed by atoms with Crippen LogP contribution in [0, 0.1) is 0 Å². The van der Waals surface area contributed by atoms with E-state index >= 15 is 0 Å². The van der Waals surface area contributed by atoms with Gasteiger partial charge in [0.15, 0.2) is 0 Å². The summed E-state index contributed by atoms with van der Waals surface area (Å²) < 4.78 is 38.6. The lowest BCUT2D eigenvalue weighted by atomic mass is 10.1. The van der Waals surface area contributed by atoms with E-state index in [1.807, 2.05) is 12.3 Å². The van der Waals surface area contributed by atoms with Crippen LogP contribution in [0.1, 0.15) is 11.1 Å². The van der Waals surface area contributed by atoms with Crippen LogP contribution in [0.15, 0.2) is 58.3 Å². The van der Waals surface area contributed by atoms with Crippen molar-refractivity contribution in [2.45, 2.75) is 11.1 Å². The molecule has 1 aliphatic rings. The van der Waals surface area contributed by atoms with Gasteiger partial charge in [-0.2, -0.15) is 13.2 Å². The summed E-state index contributed by atoms with van der Waals surface area (Å²) >= 11 is 2.07.